The lowest BCUT2D eigenvalue weighted by molar-refractivity contribution is 0.318. The molecule has 0 saturated carbocycles. The Hall–Kier alpha value is -1.46. The smallest absolute Gasteiger partial charge is 0.171 e. The van der Waals surface area contributed by atoms with Crippen LogP contribution in [0, 0.1) is 6.92 Å². The van der Waals surface area contributed by atoms with Crippen LogP contribution < -0.4 is 5.73 Å². The van der Waals surface area contributed by atoms with Crippen molar-refractivity contribution in [3.05, 3.63) is 58.1 Å². The highest BCUT2D eigenvalue weighted by atomic mass is 79.9. The van der Waals surface area contributed by atoms with Gasteiger partial charge in [0.1, 0.15) is 0 Å². The van der Waals surface area contributed by atoms with E-state index in [2.05, 4.69) is 52.3 Å². The number of benzene rings is 2. The van der Waals surface area contributed by atoms with Crippen molar-refractivity contribution in [1.82, 2.24) is 0 Å². The van der Waals surface area contributed by atoms with Crippen molar-refractivity contribution in [2.45, 2.75) is 16.7 Å². The van der Waals surface area contributed by atoms with Gasteiger partial charge in [0.05, 0.1) is 0 Å². The minimum absolute atomic E-state index is 0.107. The maximum atomic E-state index is 8.84. The molecule has 3 nitrogen and oxygen atoms in total. The first-order valence-corrected chi connectivity index (χ1v) is 7.23. The summed E-state index contributed by atoms with van der Waals surface area (Å²) in [5.74, 6) is 0.107. The van der Waals surface area contributed by atoms with Gasteiger partial charge in [0.15, 0.2) is 5.84 Å². The normalized spacial score (nSPS) is 11.6. The van der Waals surface area contributed by atoms with E-state index >= 15 is 0 Å². The number of hydrogen-bond donors (Lipinski definition) is 2. The summed E-state index contributed by atoms with van der Waals surface area (Å²) in [6.45, 7) is 2.05. The van der Waals surface area contributed by atoms with Gasteiger partial charge in [-0.15, -0.1) is 0 Å². The first-order chi connectivity index (χ1) is 9.10. The molecule has 2 rings (SSSR count). The number of halogens is 1. The van der Waals surface area contributed by atoms with E-state index < -0.39 is 0 Å². The van der Waals surface area contributed by atoms with Crippen LogP contribution in [-0.4, -0.2) is 11.0 Å². The second-order valence-corrected chi connectivity index (χ2v) is 6.07. The summed E-state index contributed by atoms with van der Waals surface area (Å²) >= 11 is 4.97. The van der Waals surface area contributed by atoms with E-state index in [1.165, 1.54) is 5.56 Å². The Labute approximate surface area is 124 Å². The molecule has 0 aliphatic heterocycles. The Morgan fingerprint density at radius 3 is 2.53 bits per heavy atom. The molecule has 0 spiro atoms. The van der Waals surface area contributed by atoms with Gasteiger partial charge in [0.2, 0.25) is 0 Å². The van der Waals surface area contributed by atoms with E-state index in [0.717, 1.165) is 14.3 Å². The summed E-state index contributed by atoms with van der Waals surface area (Å²) in [6.07, 6.45) is 0. The van der Waals surface area contributed by atoms with Crippen molar-refractivity contribution >= 4 is 33.5 Å². The number of nitrogens with zero attached hydrogens (tertiary/aromatic N) is 1. The Balaban J connectivity index is 2.37. The Morgan fingerprint density at radius 2 is 1.89 bits per heavy atom. The molecule has 0 saturated heterocycles. The topological polar surface area (TPSA) is 58.6 Å². The molecule has 0 unspecified atom stereocenters. The first kappa shape index (κ1) is 14.0. The number of nitrogens with two attached hydrogens (primary N) is 1. The van der Waals surface area contributed by atoms with Gasteiger partial charge in [-0.05, 0) is 37.3 Å². The van der Waals surface area contributed by atoms with Crippen LogP contribution in [0.5, 0.6) is 0 Å². The number of aryl methyl sites for hydroxylation is 1. The zero-order valence-electron chi connectivity index (χ0n) is 10.3. The van der Waals surface area contributed by atoms with Crippen molar-refractivity contribution in [2.75, 3.05) is 0 Å². The van der Waals surface area contributed by atoms with Crippen molar-refractivity contribution in [3.8, 4) is 0 Å². The molecule has 0 atom stereocenters. The molecular weight excluding hydrogens is 324 g/mol. The van der Waals surface area contributed by atoms with Gasteiger partial charge >= 0.3 is 0 Å². The van der Waals surface area contributed by atoms with Gasteiger partial charge in [-0.3, -0.25) is 0 Å². The largest absolute Gasteiger partial charge is 0.409 e. The summed E-state index contributed by atoms with van der Waals surface area (Å²) in [5.41, 5.74) is 7.64. The molecule has 0 heterocycles. The predicted molar refractivity (Wildman–Crippen MR) is 82.0 cm³/mol. The van der Waals surface area contributed by atoms with Gasteiger partial charge in [0, 0.05) is 19.8 Å². The second kappa shape index (κ2) is 6.12. The van der Waals surface area contributed by atoms with Gasteiger partial charge < -0.3 is 10.9 Å². The summed E-state index contributed by atoms with van der Waals surface area (Å²) in [4.78, 5) is 2.06. The molecule has 0 fully saturated rings. The Bertz CT molecular complexity index is 611. The number of amidine groups is 1. The van der Waals surface area contributed by atoms with Crippen LogP contribution in [0.25, 0.3) is 0 Å². The number of oxime groups is 1. The van der Waals surface area contributed by atoms with Crippen molar-refractivity contribution in [3.63, 3.8) is 0 Å². The fraction of sp³-hybridized carbons (Fsp3) is 0.0714. The zero-order chi connectivity index (χ0) is 13.8. The molecule has 0 aliphatic rings. The van der Waals surface area contributed by atoms with Crippen LogP contribution in [0.2, 0.25) is 0 Å². The standard InChI is InChI=1S/C14H13BrN2OS/c1-9-2-5-11(6-3-9)19-13-7-4-10(15)8-12(13)14(16)17-18/h2-8,18H,1H3,(H2,16,17). The lowest BCUT2D eigenvalue weighted by atomic mass is 10.2. The molecule has 0 amide bonds. The number of rotatable bonds is 3. The summed E-state index contributed by atoms with van der Waals surface area (Å²) in [7, 11) is 0. The maximum absolute atomic E-state index is 8.84. The maximum Gasteiger partial charge on any atom is 0.171 e. The molecular formula is C14H13BrN2OS. The van der Waals surface area contributed by atoms with E-state index in [1.807, 2.05) is 18.2 Å². The molecule has 3 N–H and O–H groups in total. The van der Waals surface area contributed by atoms with Gasteiger partial charge in [-0.2, -0.15) is 0 Å². The predicted octanol–water partition coefficient (Wildman–Crippen LogP) is 4.00. The number of hydrogen-bond acceptors (Lipinski definition) is 3. The quantitative estimate of drug-likeness (QED) is 0.385. The minimum atomic E-state index is 0.107. The van der Waals surface area contributed by atoms with Crippen LogP contribution >= 0.6 is 27.7 Å². The summed E-state index contributed by atoms with van der Waals surface area (Å²) in [5, 5.41) is 11.9. The van der Waals surface area contributed by atoms with E-state index in [9.17, 15) is 0 Å². The van der Waals surface area contributed by atoms with E-state index in [-0.39, 0.29) is 5.84 Å². The molecule has 0 aromatic heterocycles. The van der Waals surface area contributed by atoms with Crippen LogP contribution in [0.3, 0.4) is 0 Å². The van der Waals surface area contributed by atoms with Crippen LogP contribution in [0.15, 0.2) is 61.9 Å². The molecule has 2 aromatic carbocycles. The zero-order valence-corrected chi connectivity index (χ0v) is 12.7. The summed E-state index contributed by atoms with van der Waals surface area (Å²) in [6, 6.07) is 13.9. The first-order valence-electron chi connectivity index (χ1n) is 5.62. The highest BCUT2D eigenvalue weighted by molar-refractivity contribution is 9.10. The molecule has 0 bridgehead atoms. The van der Waals surface area contributed by atoms with Gasteiger partial charge in [-0.25, -0.2) is 0 Å². The second-order valence-electron chi connectivity index (χ2n) is 4.04. The van der Waals surface area contributed by atoms with Crippen LogP contribution in [-0.2, 0) is 0 Å². The fourth-order valence-electron chi connectivity index (χ4n) is 1.58. The summed E-state index contributed by atoms with van der Waals surface area (Å²) < 4.78 is 0.891. The van der Waals surface area contributed by atoms with E-state index in [0.29, 0.717) is 5.56 Å². The van der Waals surface area contributed by atoms with Crippen molar-refractivity contribution in [1.29, 1.82) is 0 Å². The third-order valence-corrected chi connectivity index (χ3v) is 4.15. The Kier molecular flexibility index (Phi) is 4.50. The lowest BCUT2D eigenvalue weighted by Crippen LogP contribution is -2.14. The highest BCUT2D eigenvalue weighted by Crippen LogP contribution is 2.32. The van der Waals surface area contributed by atoms with Crippen LogP contribution in [0.1, 0.15) is 11.1 Å². The molecule has 19 heavy (non-hydrogen) atoms. The van der Waals surface area contributed by atoms with Gasteiger partial charge in [-0.1, -0.05) is 50.5 Å². The minimum Gasteiger partial charge on any atom is -0.409 e. The third-order valence-electron chi connectivity index (χ3n) is 2.57. The van der Waals surface area contributed by atoms with E-state index in [1.54, 1.807) is 11.8 Å². The lowest BCUT2D eigenvalue weighted by Gasteiger charge is -2.08. The average Bonchev–Trinajstić information content (AvgIpc) is 2.42. The average molecular weight is 337 g/mol. The highest BCUT2D eigenvalue weighted by Gasteiger charge is 2.09. The van der Waals surface area contributed by atoms with Crippen molar-refractivity contribution in [2.24, 2.45) is 10.9 Å². The molecule has 0 aliphatic carbocycles. The molecule has 5 heteroatoms. The van der Waals surface area contributed by atoms with E-state index in [4.69, 9.17) is 10.9 Å². The fourth-order valence-corrected chi connectivity index (χ4v) is 2.88. The van der Waals surface area contributed by atoms with Crippen LogP contribution in [0.4, 0.5) is 0 Å². The Morgan fingerprint density at radius 1 is 1.21 bits per heavy atom. The molecule has 2 aromatic rings. The van der Waals surface area contributed by atoms with Gasteiger partial charge in [0.25, 0.3) is 0 Å². The third kappa shape index (κ3) is 3.52. The molecule has 0 radical (unpaired) electrons. The molecule has 98 valence electrons. The SMILES string of the molecule is Cc1ccc(Sc2ccc(Br)cc2/C(N)=N/O)cc1. The van der Waals surface area contributed by atoms with Crippen molar-refractivity contribution < 1.29 is 5.21 Å². The monoisotopic (exact) mass is 336 g/mol.